The number of hydrogen-bond acceptors (Lipinski definition) is 3. The molecule has 1 aliphatic heterocycles. The molecule has 1 aliphatic rings. The maximum absolute atomic E-state index is 11.8. The molecular formula is C14H26N2O4. The molecule has 0 aromatic rings. The van der Waals surface area contributed by atoms with Crippen molar-refractivity contribution < 1.29 is 19.4 Å². The van der Waals surface area contributed by atoms with Gasteiger partial charge in [0.25, 0.3) is 0 Å². The molecule has 0 aromatic heterocycles. The summed E-state index contributed by atoms with van der Waals surface area (Å²) in [7, 11) is 0. The lowest BCUT2D eigenvalue weighted by molar-refractivity contribution is -0.138. The highest BCUT2D eigenvalue weighted by Gasteiger charge is 2.25. The van der Waals surface area contributed by atoms with Gasteiger partial charge in [-0.3, -0.25) is 4.79 Å². The van der Waals surface area contributed by atoms with Crippen molar-refractivity contribution in [2.24, 2.45) is 11.8 Å². The lowest BCUT2D eigenvalue weighted by Crippen LogP contribution is -2.46. The summed E-state index contributed by atoms with van der Waals surface area (Å²) in [6, 6.07) is -0.204. The predicted octanol–water partition coefficient (Wildman–Crippen LogP) is 1.60. The molecule has 3 atom stereocenters. The van der Waals surface area contributed by atoms with E-state index in [-0.39, 0.29) is 30.5 Å². The topological polar surface area (TPSA) is 87.7 Å². The second-order valence-electron chi connectivity index (χ2n) is 5.92. The Morgan fingerprint density at radius 1 is 1.40 bits per heavy atom. The van der Waals surface area contributed by atoms with E-state index in [0.29, 0.717) is 19.1 Å². The summed E-state index contributed by atoms with van der Waals surface area (Å²) in [5, 5.41) is 14.5. The summed E-state index contributed by atoms with van der Waals surface area (Å²) in [6.07, 6.45) is 1.72. The van der Waals surface area contributed by atoms with Crippen LogP contribution in [0.1, 0.15) is 40.0 Å². The first-order valence-corrected chi connectivity index (χ1v) is 7.26. The number of ether oxygens (including phenoxy) is 1. The van der Waals surface area contributed by atoms with Gasteiger partial charge in [0.1, 0.15) is 0 Å². The highest BCUT2D eigenvalue weighted by atomic mass is 16.5. The fourth-order valence-corrected chi connectivity index (χ4v) is 2.53. The molecule has 1 saturated heterocycles. The molecular weight excluding hydrogens is 260 g/mol. The Kier molecular flexibility index (Phi) is 6.78. The number of nitrogens with one attached hydrogen (secondary N) is 2. The Bertz CT molecular complexity index is 333. The molecule has 0 spiro atoms. The number of carbonyl (C=O) groups is 2. The van der Waals surface area contributed by atoms with Crippen molar-refractivity contribution in [1.82, 2.24) is 10.6 Å². The molecule has 0 radical (unpaired) electrons. The van der Waals surface area contributed by atoms with Crippen LogP contribution in [0, 0.1) is 11.8 Å². The van der Waals surface area contributed by atoms with Gasteiger partial charge >= 0.3 is 12.0 Å². The molecule has 6 nitrogen and oxygen atoms in total. The first-order chi connectivity index (χ1) is 9.38. The first kappa shape index (κ1) is 16.8. The van der Waals surface area contributed by atoms with E-state index in [1.807, 2.05) is 20.8 Å². The Labute approximate surface area is 120 Å². The lowest BCUT2D eigenvalue weighted by atomic mass is 9.94. The van der Waals surface area contributed by atoms with Crippen molar-refractivity contribution in [1.29, 1.82) is 0 Å². The second-order valence-corrected chi connectivity index (χ2v) is 5.92. The zero-order valence-electron chi connectivity index (χ0n) is 12.5. The molecule has 2 unspecified atom stereocenters. The fourth-order valence-electron chi connectivity index (χ4n) is 2.53. The number of rotatable bonds is 7. The summed E-state index contributed by atoms with van der Waals surface area (Å²) in [5.41, 5.74) is 0. The van der Waals surface area contributed by atoms with Crippen LogP contribution in [-0.2, 0) is 9.53 Å². The normalized spacial score (nSPS) is 23.6. The van der Waals surface area contributed by atoms with Crippen molar-refractivity contribution in [3.05, 3.63) is 0 Å². The van der Waals surface area contributed by atoms with Crippen LogP contribution < -0.4 is 10.6 Å². The largest absolute Gasteiger partial charge is 0.481 e. The Morgan fingerprint density at radius 3 is 2.60 bits per heavy atom. The van der Waals surface area contributed by atoms with Crippen LogP contribution in [0.3, 0.4) is 0 Å². The van der Waals surface area contributed by atoms with E-state index >= 15 is 0 Å². The molecule has 2 amide bonds. The van der Waals surface area contributed by atoms with Gasteiger partial charge < -0.3 is 20.5 Å². The van der Waals surface area contributed by atoms with E-state index in [1.165, 1.54) is 0 Å². The van der Waals surface area contributed by atoms with Crippen LogP contribution in [-0.4, -0.2) is 42.4 Å². The Hall–Kier alpha value is -1.30. The monoisotopic (exact) mass is 286 g/mol. The molecule has 6 heteroatoms. The summed E-state index contributed by atoms with van der Waals surface area (Å²) in [5.74, 6) is -0.446. The average molecular weight is 286 g/mol. The van der Waals surface area contributed by atoms with Gasteiger partial charge in [-0.2, -0.15) is 0 Å². The van der Waals surface area contributed by atoms with Gasteiger partial charge in [-0.25, -0.2) is 4.79 Å². The third-order valence-corrected chi connectivity index (χ3v) is 3.51. The zero-order valence-corrected chi connectivity index (χ0v) is 12.5. The molecule has 0 aromatic carbocycles. The number of carbonyl (C=O) groups excluding carboxylic acids is 1. The number of hydrogen-bond donors (Lipinski definition) is 3. The van der Waals surface area contributed by atoms with Gasteiger partial charge in [0.2, 0.25) is 0 Å². The summed E-state index contributed by atoms with van der Waals surface area (Å²) in [4.78, 5) is 22.6. The SMILES string of the molecule is CC(C)C[C@H](CNC(=O)NC1CCOC1C)CC(=O)O. The van der Waals surface area contributed by atoms with Crippen molar-refractivity contribution >= 4 is 12.0 Å². The summed E-state index contributed by atoms with van der Waals surface area (Å²) < 4.78 is 5.38. The number of aliphatic carboxylic acids is 1. The van der Waals surface area contributed by atoms with Gasteiger partial charge in [0, 0.05) is 19.6 Å². The lowest BCUT2D eigenvalue weighted by Gasteiger charge is -2.20. The highest BCUT2D eigenvalue weighted by molar-refractivity contribution is 5.74. The van der Waals surface area contributed by atoms with Gasteiger partial charge in [-0.05, 0) is 31.6 Å². The van der Waals surface area contributed by atoms with Crippen LogP contribution in [0.4, 0.5) is 4.79 Å². The third-order valence-electron chi connectivity index (χ3n) is 3.51. The van der Waals surface area contributed by atoms with E-state index in [9.17, 15) is 9.59 Å². The number of carboxylic acids is 1. The number of urea groups is 1. The molecule has 1 heterocycles. The van der Waals surface area contributed by atoms with Gasteiger partial charge in [0.05, 0.1) is 12.1 Å². The van der Waals surface area contributed by atoms with E-state index < -0.39 is 5.97 Å². The van der Waals surface area contributed by atoms with E-state index in [1.54, 1.807) is 0 Å². The third kappa shape index (κ3) is 6.23. The summed E-state index contributed by atoms with van der Waals surface area (Å²) in [6.45, 7) is 7.09. The van der Waals surface area contributed by atoms with Crippen LogP contribution in [0.25, 0.3) is 0 Å². The Morgan fingerprint density at radius 2 is 2.10 bits per heavy atom. The minimum absolute atomic E-state index is 0.0319. The molecule has 3 N–H and O–H groups in total. The number of carboxylic acid groups (broad SMARTS) is 1. The molecule has 1 rings (SSSR count). The standard InChI is InChI=1S/C14H26N2O4/c1-9(2)6-11(7-13(17)18)8-15-14(19)16-12-4-5-20-10(12)3/h9-12H,4-8H2,1-3H3,(H,17,18)(H2,15,16,19)/t10?,11-,12?/m0/s1. The predicted molar refractivity (Wildman–Crippen MR) is 75.6 cm³/mol. The molecule has 0 aliphatic carbocycles. The van der Waals surface area contributed by atoms with Gasteiger partial charge in [0.15, 0.2) is 0 Å². The van der Waals surface area contributed by atoms with Gasteiger partial charge in [-0.15, -0.1) is 0 Å². The number of amides is 2. The first-order valence-electron chi connectivity index (χ1n) is 7.26. The molecule has 0 bridgehead atoms. The minimum atomic E-state index is -0.823. The van der Waals surface area contributed by atoms with E-state index in [2.05, 4.69) is 10.6 Å². The highest BCUT2D eigenvalue weighted by Crippen LogP contribution is 2.15. The molecule has 20 heavy (non-hydrogen) atoms. The van der Waals surface area contributed by atoms with Crippen LogP contribution >= 0.6 is 0 Å². The van der Waals surface area contributed by atoms with Crippen molar-refractivity contribution in [3.63, 3.8) is 0 Å². The average Bonchev–Trinajstić information content (AvgIpc) is 2.70. The summed E-state index contributed by atoms with van der Waals surface area (Å²) >= 11 is 0. The molecule has 1 fully saturated rings. The molecule has 116 valence electrons. The minimum Gasteiger partial charge on any atom is -0.481 e. The quantitative estimate of drug-likeness (QED) is 0.663. The van der Waals surface area contributed by atoms with Crippen molar-refractivity contribution in [2.75, 3.05) is 13.2 Å². The second kappa shape index (κ2) is 8.09. The fraction of sp³-hybridized carbons (Fsp3) is 0.857. The van der Waals surface area contributed by atoms with Crippen LogP contribution in [0.5, 0.6) is 0 Å². The van der Waals surface area contributed by atoms with E-state index in [4.69, 9.17) is 9.84 Å². The van der Waals surface area contributed by atoms with Gasteiger partial charge in [-0.1, -0.05) is 13.8 Å². The molecule has 0 saturated carbocycles. The zero-order chi connectivity index (χ0) is 15.1. The maximum atomic E-state index is 11.8. The maximum Gasteiger partial charge on any atom is 0.315 e. The van der Waals surface area contributed by atoms with E-state index in [0.717, 1.165) is 12.8 Å². The van der Waals surface area contributed by atoms with Crippen molar-refractivity contribution in [2.45, 2.75) is 52.2 Å². The van der Waals surface area contributed by atoms with Crippen LogP contribution in [0.2, 0.25) is 0 Å². The van der Waals surface area contributed by atoms with Crippen LogP contribution in [0.15, 0.2) is 0 Å². The Balaban J connectivity index is 2.33. The smallest absolute Gasteiger partial charge is 0.315 e. The van der Waals surface area contributed by atoms with Crippen molar-refractivity contribution in [3.8, 4) is 0 Å².